The van der Waals surface area contributed by atoms with Crippen LogP contribution in [0.2, 0.25) is 0 Å². The lowest BCUT2D eigenvalue weighted by molar-refractivity contribution is 0.336. The van der Waals surface area contributed by atoms with Gasteiger partial charge in [-0.1, -0.05) is 54.4 Å². The molecule has 1 atom stereocenters. The van der Waals surface area contributed by atoms with E-state index in [0.717, 1.165) is 18.3 Å². The first-order valence-electron chi connectivity index (χ1n) is 7.14. The van der Waals surface area contributed by atoms with Gasteiger partial charge in [0.05, 0.1) is 11.2 Å². The molecule has 0 amide bonds. The maximum atomic E-state index is 4.82. The van der Waals surface area contributed by atoms with Gasteiger partial charge >= 0.3 is 0 Å². The molecule has 0 fully saturated rings. The maximum absolute atomic E-state index is 4.82. The lowest BCUT2D eigenvalue weighted by Crippen LogP contribution is -2.21. The van der Waals surface area contributed by atoms with Crippen molar-refractivity contribution in [3.8, 4) is 0 Å². The smallest absolute Gasteiger partial charge is 0.0709 e. The van der Waals surface area contributed by atoms with Crippen molar-refractivity contribution in [3.63, 3.8) is 0 Å². The van der Waals surface area contributed by atoms with Crippen LogP contribution in [0.3, 0.4) is 0 Å². The van der Waals surface area contributed by atoms with E-state index in [1.807, 2.05) is 0 Å². The average Bonchev–Trinajstić information content (AvgIpc) is 2.77. The van der Waals surface area contributed by atoms with Crippen molar-refractivity contribution < 1.29 is 0 Å². The Balaban J connectivity index is 2.40. The predicted octanol–water partition coefficient (Wildman–Crippen LogP) is 4.80. The third-order valence-corrected chi connectivity index (χ3v) is 5.16. The van der Waals surface area contributed by atoms with Crippen LogP contribution in [0.5, 0.6) is 0 Å². The Labute approximate surface area is 124 Å². The van der Waals surface area contributed by atoms with Crippen LogP contribution in [0, 0.1) is 5.41 Å². The fourth-order valence-corrected chi connectivity index (χ4v) is 3.26. The Hall–Kier alpha value is -0.830. The van der Waals surface area contributed by atoms with E-state index in [9.17, 15) is 0 Å². The fourth-order valence-electron chi connectivity index (χ4n) is 2.78. The van der Waals surface area contributed by atoms with Crippen LogP contribution in [0.1, 0.15) is 39.3 Å². The molecule has 2 aromatic rings. The summed E-state index contributed by atoms with van der Waals surface area (Å²) in [6.45, 7) is 7.69. The number of rotatable bonds is 6. The number of benzene rings is 1. The number of hydrogen-bond acceptors (Lipinski definition) is 1. The van der Waals surface area contributed by atoms with E-state index in [4.69, 9.17) is 5.10 Å². The van der Waals surface area contributed by atoms with E-state index in [-0.39, 0.29) is 0 Å². The molecule has 1 unspecified atom stereocenters. The Bertz CT molecular complexity index is 547. The molecule has 2 rings (SSSR count). The number of hydrogen-bond donors (Lipinski definition) is 0. The standard InChI is InChI=1S/C16H23BrN2/c1-4-10-16(3,12-17)11-14-13-8-6-7-9-15(13)19(5-2)18-14/h6-9H,4-5,10-12H2,1-3H3. The number of aromatic nitrogens is 2. The van der Waals surface area contributed by atoms with Crippen LogP contribution < -0.4 is 0 Å². The number of nitrogens with zero attached hydrogens (tertiary/aromatic N) is 2. The van der Waals surface area contributed by atoms with Gasteiger partial charge in [0.25, 0.3) is 0 Å². The minimum atomic E-state index is 0.296. The summed E-state index contributed by atoms with van der Waals surface area (Å²) < 4.78 is 2.12. The van der Waals surface area contributed by atoms with E-state index in [1.54, 1.807) is 0 Å². The quantitative estimate of drug-likeness (QED) is 0.698. The highest BCUT2D eigenvalue weighted by molar-refractivity contribution is 9.09. The van der Waals surface area contributed by atoms with Crippen molar-refractivity contribution in [2.45, 2.75) is 46.6 Å². The summed E-state index contributed by atoms with van der Waals surface area (Å²) >= 11 is 3.68. The lowest BCUT2D eigenvalue weighted by Gasteiger charge is -2.26. The van der Waals surface area contributed by atoms with Crippen molar-refractivity contribution in [1.29, 1.82) is 0 Å². The Morgan fingerprint density at radius 3 is 2.63 bits per heavy atom. The van der Waals surface area contributed by atoms with Crippen LogP contribution in [-0.4, -0.2) is 15.1 Å². The molecule has 3 heteroatoms. The molecular formula is C16H23BrN2. The van der Waals surface area contributed by atoms with Gasteiger partial charge in [-0.3, -0.25) is 4.68 Å². The summed E-state index contributed by atoms with van der Waals surface area (Å²) in [5, 5.41) is 7.16. The highest BCUT2D eigenvalue weighted by atomic mass is 79.9. The van der Waals surface area contributed by atoms with Gasteiger partial charge in [-0.2, -0.15) is 5.10 Å². The van der Waals surface area contributed by atoms with Gasteiger partial charge in [-0.25, -0.2) is 0 Å². The van der Waals surface area contributed by atoms with Gasteiger partial charge in [0.1, 0.15) is 0 Å². The van der Waals surface area contributed by atoms with E-state index < -0.39 is 0 Å². The Morgan fingerprint density at radius 1 is 1.26 bits per heavy atom. The molecule has 19 heavy (non-hydrogen) atoms. The lowest BCUT2D eigenvalue weighted by atomic mass is 9.83. The molecule has 0 spiro atoms. The highest BCUT2D eigenvalue weighted by Gasteiger charge is 2.25. The van der Waals surface area contributed by atoms with E-state index in [1.165, 1.54) is 29.4 Å². The fraction of sp³-hybridized carbons (Fsp3) is 0.562. The second-order valence-electron chi connectivity index (χ2n) is 5.65. The normalized spacial score (nSPS) is 14.7. The Kier molecular flexibility index (Phi) is 4.67. The van der Waals surface area contributed by atoms with Crippen molar-refractivity contribution in [2.75, 3.05) is 5.33 Å². The molecule has 1 aromatic carbocycles. The molecule has 0 radical (unpaired) electrons. The average molecular weight is 323 g/mol. The van der Waals surface area contributed by atoms with Crippen LogP contribution in [0.4, 0.5) is 0 Å². The van der Waals surface area contributed by atoms with E-state index in [2.05, 4.69) is 65.6 Å². The number of para-hydroxylation sites is 1. The number of fused-ring (bicyclic) bond motifs is 1. The summed E-state index contributed by atoms with van der Waals surface area (Å²) in [5.41, 5.74) is 2.80. The third-order valence-electron chi connectivity index (χ3n) is 3.80. The molecule has 1 aromatic heterocycles. The third kappa shape index (κ3) is 3.02. The first-order valence-corrected chi connectivity index (χ1v) is 8.26. The molecule has 2 nitrogen and oxygen atoms in total. The van der Waals surface area contributed by atoms with Gasteiger partial charge < -0.3 is 0 Å². The predicted molar refractivity (Wildman–Crippen MR) is 85.9 cm³/mol. The molecule has 0 aliphatic carbocycles. The monoisotopic (exact) mass is 322 g/mol. The van der Waals surface area contributed by atoms with Crippen LogP contribution in [-0.2, 0) is 13.0 Å². The molecule has 0 aliphatic heterocycles. The minimum absolute atomic E-state index is 0.296. The minimum Gasteiger partial charge on any atom is -0.265 e. The van der Waals surface area contributed by atoms with Crippen molar-refractivity contribution in [2.24, 2.45) is 5.41 Å². The first-order chi connectivity index (χ1) is 9.13. The first kappa shape index (κ1) is 14.6. The molecule has 0 saturated heterocycles. The van der Waals surface area contributed by atoms with E-state index >= 15 is 0 Å². The van der Waals surface area contributed by atoms with Crippen molar-refractivity contribution in [1.82, 2.24) is 9.78 Å². The second-order valence-corrected chi connectivity index (χ2v) is 6.21. The summed E-state index contributed by atoms with van der Waals surface area (Å²) in [6, 6.07) is 8.57. The molecule has 1 heterocycles. The van der Waals surface area contributed by atoms with Crippen LogP contribution in [0.25, 0.3) is 10.9 Å². The van der Waals surface area contributed by atoms with Gasteiger partial charge in [0.2, 0.25) is 0 Å². The largest absolute Gasteiger partial charge is 0.265 e. The summed E-state index contributed by atoms with van der Waals surface area (Å²) in [4.78, 5) is 0. The number of halogens is 1. The maximum Gasteiger partial charge on any atom is 0.0709 e. The zero-order valence-corrected chi connectivity index (χ0v) is 13.7. The molecular weight excluding hydrogens is 300 g/mol. The Morgan fingerprint density at radius 2 is 2.00 bits per heavy atom. The summed E-state index contributed by atoms with van der Waals surface area (Å²) in [7, 11) is 0. The van der Waals surface area contributed by atoms with Gasteiger partial charge in [-0.15, -0.1) is 0 Å². The van der Waals surface area contributed by atoms with Crippen LogP contribution in [0.15, 0.2) is 24.3 Å². The molecule has 0 N–H and O–H groups in total. The topological polar surface area (TPSA) is 17.8 Å². The molecule has 0 saturated carbocycles. The zero-order chi connectivity index (χ0) is 13.9. The van der Waals surface area contributed by atoms with E-state index in [0.29, 0.717) is 5.41 Å². The summed E-state index contributed by atoms with van der Waals surface area (Å²) in [6.07, 6.45) is 3.49. The molecule has 0 bridgehead atoms. The van der Waals surface area contributed by atoms with Gasteiger partial charge in [0, 0.05) is 17.3 Å². The van der Waals surface area contributed by atoms with Gasteiger partial charge in [0.15, 0.2) is 0 Å². The SMILES string of the molecule is CCCC(C)(CBr)Cc1nn(CC)c2ccccc12. The highest BCUT2D eigenvalue weighted by Crippen LogP contribution is 2.32. The van der Waals surface area contributed by atoms with Crippen LogP contribution >= 0.6 is 15.9 Å². The van der Waals surface area contributed by atoms with Gasteiger partial charge in [-0.05, 0) is 31.2 Å². The number of alkyl halides is 1. The van der Waals surface area contributed by atoms with Crippen molar-refractivity contribution >= 4 is 26.8 Å². The van der Waals surface area contributed by atoms with Crippen molar-refractivity contribution in [3.05, 3.63) is 30.0 Å². The second kappa shape index (κ2) is 6.08. The summed E-state index contributed by atoms with van der Waals surface area (Å²) in [5.74, 6) is 0. The molecule has 0 aliphatic rings. The molecule has 104 valence electrons. The number of aryl methyl sites for hydroxylation is 1. The zero-order valence-electron chi connectivity index (χ0n) is 12.1.